The fourth-order valence-corrected chi connectivity index (χ4v) is 2.95. The van der Waals surface area contributed by atoms with Crippen LogP contribution < -0.4 is 4.90 Å². The highest BCUT2D eigenvalue weighted by atomic mass is 19.1. The molecule has 4 heteroatoms. The summed E-state index contributed by atoms with van der Waals surface area (Å²) < 4.78 is 18.7. The molecule has 22 heavy (non-hydrogen) atoms. The van der Waals surface area contributed by atoms with Crippen LogP contribution in [0.25, 0.3) is 0 Å². The Balaban J connectivity index is 1.84. The summed E-state index contributed by atoms with van der Waals surface area (Å²) in [5.41, 5.74) is 2.61. The van der Waals surface area contributed by atoms with Crippen LogP contribution in [0.1, 0.15) is 23.7 Å². The minimum absolute atomic E-state index is 0.0207. The number of para-hydroxylation sites is 1. The maximum absolute atomic E-state index is 13.3. The lowest BCUT2D eigenvalue weighted by Gasteiger charge is -2.33. The summed E-state index contributed by atoms with van der Waals surface area (Å²) in [4.78, 5) is 14.4. The largest absolute Gasteiger partial charge is 0.377 e. The van der Waals surface area contributed by atoms with Gasteiger partial charge in [-0.15, -0.1) is 0 Å². The van der Waals surface area contributed by atoms with E-state index < -0.39 is 0 Å². The van der Waals surface area contributed by atoms with Crippen LogP contribution in [0.3, 0.4) is 0 Å². The number of hydrogen-bond acceptors (Lipinski definition) is 2. The van der Waals surface area contributed by atoms with Crippen molar-refractivity contribution in [2.24, 2.45) is 0 Å². The average molecular weight is 299 g/mol. The highest BCUT2D eigenvalue weighted by Gasteiger charge is 2.28. The summed E-state index contributed by atoms with van der Waals surface area (Å²) in [7, 11) is 1.69. The van der Waals surface area contributed by atoms with Gasteiger partial charge in [0.2, 0.25) is 5.91 Å². The molecule has 0 radical (unpaired) electrons. The third-order valence-corrected chi connectivity index (χ3v) is 4.02. The Hall–Kier alpha value is -2.20. The molecule has 1 amide bonds. The van der Waals surface area contributed by atoms with Gasteiger partial charge in [-0.3, -0.25) is 4.79 Å². The normalized spacial score (nSPS) is 17.2. The Morgan fingerprint density at radius 2 is 2.09 bits per heavy atom. The highest BCUT2D eigenvalue weighted by molar-refractivity contribution is 5.96. The summed E-state index contributed by atoms with van der Waals surface area (Å²) in [5.74, 6) is -0.337. The molecule has 0 fully saturated rings. The summed E-state index contributed by atoms with van der Waals surface area (Å²) in [6.45, 7) is 0.615. The number of methoxy groups -OCH3 is 1. The molecule has 0 aromatic heterocycles. The second-order valence-corrected chi connectivity index (χ2v) is 5.42. The molecule has 2 aromatic carbocycles. The van der Waals surface area contributed by atoms with Crippen molar-refractivity contribution < 1.29 is 13.9 Å². The highest BCUT2D eigenvalue weighted by Crippen LogP contribution is 2.35. The van der Waals surface area contributed by atoms with Crippen LogP contribution in [0.15, 0.2) is 48.5 Å². The van der Waals surface area contributed by atoms with Gasteiger partial charge in [0.25, 0.3) is 0 Å². The zero-order valence-electron chi connectivity index (χ0n) is 12.5. The van der Waals surface area contributed by atoms with E-state index >= 15 is 0 Å². The topological polar surface area (TPSA) is 29.5 Å². The fourth-order valence-electron chi connectivity index (χ4n) is 2.95. The number of carbonyl (C=O) groups excluding carboxylic acids is 1. The monoisotopic (exact) mass is 299 g/mol. The lowest BCUT2D eigenvalue weighted by atomic mass is 9.98. The third kappa shape index (κ3) is 2.88. The summed E-state index contributed by atoms with van der Waals surface area (Å²) in [5, 5.41) is 0. The van der Waals surface area contributed by atoms with Gasteiger partial charge in [0, 0.05) is 24.9 Å². The number of rotatable bonds is 3. The van der Waals surface area contributed by atoms with Crippen LogP contribution in [0.5, 0.6) is 0 Å². The number of halogens is 1. The first kappa shape index (κ1) is 14.7. The van der Waals surface area contributed by atoms with Gasteiger partial charge in [0.05, 0.1) is 12.5 Å². The minimum atomic E-state index is -0.316. The van der Waals surface area contributed by atoms with Crippen molar-refractivity contribution in [2.45, 2.75) is 18.9 Å². The molecule has 2 aromatic rings. The number of hydrogen-bond donors (Lipinski definition) is 0. The first-order valence-corrected chi connectivity index (χ1v) is 7.35. The molecule has 3 nitrogen and oxygen atoms in total. The van der Waals surface area contributed by atoms with E-state index in [9.17, 15) is 9.18 Å². The van der Waals surface area contributed by atoms with Crippen LogP contribution in [0.4, 0.5) is 10.1 Å². The zero-order valence-corrected chi connectivity index (χ0v) is 12.5. The van der Waals surface area contributed by atoms with Gasteiger partial charge in [-0.05, 0) is 30.2 Å². The van der Waals surface area contributed by atoms with Crippen molar-refractivity contribution in [1.29, 1.82) is 0 Å². The van der Waals surface area contributed by atoms with Gasteiger partial charge in [0.1, 0.15) is 5.82 Å². The van der Waals surface area contributed by atoms with Crippen LogP contribution in [-0.2, 0) is 16.0 Å². The molecule has 3 rings (SSSR count). The number of nitrogens with zero attached hydrogens (tertiary/aromatic N) is 1. The summed E-state index contributed by atoms with van der Waals surface area (Å²) in [6.07, 6.45) is 0.987. The third-order valence-electron chi connectivity index (χ3n) is 4.02. The van der Waals surface area contributed by atoms with Crippen LogP contribution in [0, 0.1) is 5.82 Å². The van der Waals surface area contributed by atoms with E-state index in [1.54, 1.807) is 24.1 Å². The minimum Gasteiger partial charge on any atom is -0.377 e. The van der Waals surface area contributed by atoms with Gasteiger partial charge in [0.15, 0.2) is 0 Å². The van der Waals surface area contributed by atoms with E-state index in [1.807, 2.05) is 24.3 Å². The van der Waals surface area contributed by atoms with E-state index in [1.165, 1.54) is 12.1 Å². The maximum Gasteiger partial charge on any atom is 0.231 e. The lowest BCUT2D eigenvalue weighted by molar-refractivity contribution is -0.118. The molecule has 0 N–H and O–H groups in total. The first-order valence-electron chi connectivity index (χ1n) is 7.35. The fraction of sp³-hybridized carbons (Fsp3) is 0.278. The Labute approximate surface area is 129 Å². The molecule has 0 saturated heterocycles. The number of carbonyl (C=O) groups is 1. The molecule has 0 bridgehead atoms. The standard InChI is InChI=1S/C18H18FNO2/c1-22-17-9-10-20(16-8-3-2-7-15(16)17)18(21)12-13-5-4-6-14(19)11-13/h2-8,11,17H,9-10,12H2,1H3. The molecular weight excluding hydrogens is 281 g/mol. The molecule has 0 saturated carbocycles. The molecule has 0 aliphatic carbocycles. The van der Waals surface area contributed by atoms with Gasteiger partial charge >= 0.3 is 0 Å². The second-order valence-electron chi connectivity index (χ2n) is 5.42. The Kier molecular flexibility index (Phi) is 4.20. The Morgan fingerprint density at radius 3 is 2.86 bits per heavy atom. The van der Waals surface area contributed by atoms with E-state index in [2.05, 4.69) is 0 Å². The van der Waals surface area contributed by atoms with Crippen molar-refractivity contribution in [3.05, 3.63) is 65.5 Å². The number of fused-ring (bicyclic) bond motifs is 1. The Bertz CT molecular complexity index is 686. The van der Waals surface area contributed by atoms with Crippen LogP contribution in [0.2, 0.25) is 0 Å². The molecule has 1 heterocycles. The molecule has 1 aliphatic rings. The van der Waals surface area contributed by atoms with E-state index in [0.29, 0.717) is 12.1 Å². The summed E-state index contributed by atoms with van der Waals surface area (Å²) >= 11 is 0. The van der Waals surface area contributed by atoms with E-state index in [0.717, 1.165) is 17.7 Å². The molecule has 114 valence electrons. The number of benzene rings is 2. The van der Waals surface area contributed by atoms with Gasteiger partial charge < -0.3 is 9.64 Å². The van der Waals surface area contributed by atoms with Gasteiger partial charge in [-0.25, -0.2) is 4.39 Å². The SMILES string of the molecule is COC1CCN(C(=O)Cc2cccc(F)c2)c2ccccc21. The van der Waals surface area contributed by atoms with E-state index in [-0.39, 0.29) is 24.2 Å². The molecule has 1 unspecified atom stereocenters. The molecule has 1 aliphatic heterocycles. The molecular formula is C18H18FNO2. The van der Waals surface area contributed by atoms with Crippen LogP contribution in [-0.4, -0.2) is 19.6 Å². The molecule has 1 atom stereocenters. The van der Waals surface area contributed by atoms with Crippen molar-refractivity contribution in [1.82, 2.24) is 0 Å². The quantitative estimate of drug-likeness (QED) is 0.868. The average Bonchev–Trinajstić information content (AvgIpc) is 2.53. The first-order chi connectivity index (χ1) is 10.7. The Morgan fingerprint density at radius 1 is 1.27 bits per heavy atom. The van der Waals surface area contributed by atoms with Crippen molar-refractivity contribution in [3.8, 4) is 0 Å². The summed E-state index contributed by atoms with van der Waals surface area (Å²) in [6, 6.07) is 14.0. The number of amides is 1. The van der Waals surface area contributed by atoms with Crippen molar-refractivity contribution in [3.63, 3.8) is 0 Å². The van der Waals surface area contributed by atoms with Crippen molar-refractivity contribution >= 4 is 11.6 Å². The predicted molar refractivity (Wildman–Crippen MR) is 83.3 cm³/mol. The van der Waals surface area contributed by atoms with E-state index in [4.69, 9.17) is 4.74 Å². The number of anilines is 1. The van der Waals surface area contributed by atoms with Crippen LogP contribution >= 0.6 is 0 Å². The van der Waals surface area contributed by atoms with Gasteiger partial charge in [-0.1, -0.05) is 30.3 Å². The zero-order chi connectivity index (χ0) is 15.5. The van der Waals surface area contributed by atoms with Crippen molar-refractivity contribution in [2.75, 3.05) is 18.6 Å². The maximum atomic E-state index is 13.3. The lowest BCUT2D eigenvalue weighted by Crippen LogP contribution is -2.38. The number of ether oxygens (including phenoxy) is 1. The van der Waals surface area contributed by atoms with Gasteiger partial charge in [-0.2, -0.15) is 0 Å². The second kappa shape index (κ2) is 6.28. The molecule has 0 spiro atoms. The smallest absolute Gasteiger partial charge is 0.231 e. The predicted octanol–water partition coefficient (Wildman–Crippen LogP) is 3.49.